The highest BCUT2D eigenvalue weighted by atomic mass is 19.1. The Kier molecular flexibility index (Phi) is 3.60. The third kappa shape index (κ3) is 2.89. The number of nitrogens with one attached hydrogen (secondary N) is 1. The van der Waals surface area contributed by atoms with Crippen LogP contribution in [0, 0.1) is 15.9 Å². The lowest BCUT2D eigenvalue weighted by atomic mass is 10.1. The zero-order valence-electron chi connectivity index (χ0n) is 10.2. The van der Waals surface area contributed by atoms with E-state index in [1.165, 1.54) is 0 Å². The molecule has 0 spiro atoms. The maximum Gasteiger partial charge on any atom is 0.273 e. The normalized spacial score (nSPS) is 10.1. The Bertz CT molecular complexity index is 688. The number of carbonyl (C=O) groups excluding carboxylic acids is 1. The van der Waals surface area contributed by atoms with E-state index in [9.17, 15) is 19.3 Å². The Morgan fingerprint density at radius 3 is 2.60 bits per heavy atom. The van der Waals surface area contributed by atoms with Crippen molar-refractivity contribution in [1.82, 2.24) is 0 Å². The largest absolute Gasteiger partial charge is 0.397 e. The smallest absolute Gasteiger partial charge is 0.273 e. The number of nitrogens with zero attached hydrogens (tertiary/aromatic N) is 1. The van der Waals surface area contributed by atoms with E-state index in [-0.39, 0.29) is 5.56 Å². The van der Waals surface area contributed by atoms with Gasteiger partial charge in [0.2, 0.25) is 0 Å². The van der Waals surface area contributed by atoms with Crippen LogP contribution in [-0.2, 0) is 0 Å². The molecule has 0 saturated heterocycles. The molecule has 2 rings (SSSR count). The number of hydrogen-bond donors (Lipinski definition) is 2. The molecule has 0 aliphatic heterocycles. The van der Waals surface area contributed by atoms with Crippen LogP contribution in [0.2, 0.25) is 0 Å². The van der Waals surface area contributed by atoms with Gasteiger partial charge in [-0.3, -0.25) is 14.9 Å². The highest BCUT2D eigenvalue weighted by Crippen LogP contribution is 2.20. The summed E-state index contributed by atoms with van der Waals surface area (Å²) in [6.45, 7) is 0. The number of nitro groups is 1. The van der Waals surface area contributed by atoms with Crippen LogP contribution in [-0.4, -0.2) is 10.8 Å². The molecule has 7 heteroatoms. The first-order chi connectivity index (χ1) is 9.47. The number of para-hydroxylation sites is 2. The van der Waals surface area contributed by atoms with Gasteiger partial charge in [-0.15, -0.1) is 0 Å². The first-order valence-electron chi connectivity index (χ1n) is 5.58. The number of hydrogen-bond acceptors (Lipinski definition) is 4. The Labute approximate surface area is 113 Å². The third-order valence-electron chi connectivity index (χ3n) is 2.56. The van der Waals surface area contributed by atoms with E-state index < -0.39 is 22.3 Å². The van der Waals surface area contributed by atoms with Crippen LogP contribution < -0.4 is 11.1 Å². The van der Waals surface area contributed by atoms with Gasteiger partial charge in [-0.1, -0.05) is 12.1 Å². The number of carbonyl (C=O) groups is 1. The van der Waals surface area contributed by atoms with Gasteiger partial charge in [0, 0.05) is 11.6 Å². The van der Waals surface area contributed by atoms with Crippen molar-refractivity contribution in [3.63, 3.8) is 0 Å². The molecule has 0 unspecified atom stereocenters. The third-order valence-corrected chi connectivity index (χ3v) is 2.56. The van der Waals surface area contributed by atoms with Gasteiger partial charge in [0.1, 0.15) is 5.82 Å². The summed E-state index contributed by atoms with van der Waals surface area (Å²) in [6.07, 6.45) is 0. The van der Waals surface area contributed by atoms with Gasteiger partial charge in [-0.25, -0.2) is 4.39 Å². The van der Waals surface area contributed by atoms with Gasteiger partial charge in [0.25, 0.3) is 11.6 Å². The fraction of sp³-hybridized carbons (Fsp3) is 0. The summed E-state index contributed by atoms with van der Waals surface area (Å²) in [7, 11) is 0. The highest BCUT2D eigenvalue weighted by molar-refractivity contribution is 6.06. The molecule has 0 fully saturated rings. The zero-order chi connectivity index (χ0) is 14.7. The van der Waals surface area contributed by atoms with Crippen LogP contribution in [0.15, 0.2) is 42.5 Å². The SMILES string of the molecule is Nc1ccccc1NC(=O)c1cc(F)cc([N+](=O)[O-])c1. The Hall–Kier alpha value is -2.96. The van der Waals surface area contributed by atoms with Gasteiger partial charge in [0.15, 0.2) is 0 Å². The van der Waals surface area contributed by atoms with Crippen LogP contribution in [0.4, 0.5) is 21.5 Å². The average molecular weight is 275 g/mol. The molecule has 0 aliphatic carbocycles. The van der Waals surface area contributed by atoms with Crippen molar-refractivity contribution in [2.75, 3.05) is 11.1 Å². The van der Waals surface area contributed by atoms with Crippen molar-refractivity contribution >= 4 is 23.0 Å². The van der Waals surface area contributed by atoms with Crippen LogP contribution >= 0.6 is 0 Å². The lowest BCUT2D eigenvalue weighted by Crippen LogP contribution is -2.13. The maximum atomic E-state index is 13.3. The Morgan fingerprint density at radius 1 is 1.25 bits per heavy atom. The predicted molar refractivity (Wildman–Crippen MR) is 71.9 cm³/mol. The van der Waals surface area contributed by atoms with Crippen molar-refractivity contribution in [3.8, 4) is 0 Å². The summed E-state index contributed by atoms with van der Waals surface area (Å²) >= 11 is 0. The van der Waals surface area contributed by atoms with Crippen LogP contribution in [0.1, 0.15) is 10.4 Å². The number of non-ortho nitro benzene ring substituents is 1. The molecule has 2 aromatic carbocycles. The molecule has 6 nitrogen and oxygen atoms in total. The van der Waals surface area contributed by atoms with E-state index in [0.29, 0.717) is 11.4 Å². The fourth-order valence-corrected chi connectivity index (χ4v) is 1.62. The maximum absolute atomic E-state index is 13.3. The molecule has 0 heterocycles. The molecule has 20 heavy (non-hydrogen) atoms. The number of benzene rings is 2. The summed E-state index contributed by atoms with van der Waals surface area (Å²) < 4.78 is 13.3. The molecule has 102 valence electrons. The van der Waals surface area contributed by atoms with E-state index in [4.69, 9.17) is 5.73 Å². The van der Waals surface area contributed by atoms with Crippen molar-refractivity contribution in [3.05, 3.63) is 64.0 Å². The molecule has 0 saturated carbocycles. The zero-order valence-corrected chi connectivity index (χ0v) is 10.2. The minimum absolute atomic E-state index is 0.153. The topological polar surface area (TPSA) is 98.3 Å². The van der Waals surface area contributed by atoms with E-state index in [0.717, 1.165) is 18.2 Å². The van der Waals surface area contributed by atoms with Crippen LogP contribution in [0.25, 0.3) is 0 Å². The molecule has 2 aromatic rings. The number of amides is 1. The van der Waals surface area contributed by atoms with Gasteiger partial charge < -0.3 is 11.1 Å². The summed E-state index contributed by atoms with van der Waals surface area (Å²) in [5.74, 6) is -1.53. The van der Waals surface area contributed by atoms with Crippen LogP contribution in [0.3, 0.4) is 0 Å². The first-order valence-corrected chi connectivity index (χ1v) is 5.58. The van der Waals surface area contributed by atoms with Crippen molar-refractivity contribution < 1.29 is 14.1 Å². The number of anilines is 2. The molecule has 0 radical (unpaired) electrons. The second kappa shape index (κ2) is 5.35. The predicted octanol–water partition coefficient (Wildman–Crippen LogP) is 2.57. The number of nitrogens with two attached hydrogens (primary N) is 1. The molecule has 0 atom stereocenters. The van der Waals surface area contributed by atoms with Gasteiger partial charge in [-0.2, -0.15) is 0 Å². The minimum atomic E-state index is -0.856. The van der Waals surface area contributed by atoms with E-state index in [2.05, 4.69) is 5.32 Å². The lowest BCUT2D eigenvalue weighted by Gasteiger charge is -2.07. The summed E-state index contributed by atoms with van der Waals surface area (Å²) in [5, 5.41) is 13.1. The number of halogens is 1. The van der Waals surface area contributed by atoms with Gasteiger partial charge >= 0.3 is 0 Å². The summed E-state index contributed by atoms with van der Waals surface area (Å²) in [4.78, 5) is 21.8. The van der Waals surface area contributed by atoms with Crippen molar-refractivity contribution in [1.29, 1.82) is 0 Å². The average Bonchev–Trinajstić information content (AvgIpc) is 2.40. The second-order valence-electron chi connectivity index (χ2n) is 4.00. The van der Waals surface area contributed by atoms with E-state index in [1.807, 2.05) is 0 Å². The fourth-order valence-electron chi connectivity index (χ4n) is 1.62. The lowest BCUT2D eigenvalue weighted by molar-refractivity contribution is -0.385. The number of nitrogen functional groups attached to an aromatic ring is 1. The summed E-state index contributed by atoms with van der Waals surface area (Å²) in [6, 6.07) is 9.18. The van der Waals surface area contributed by atoms with E-state index >= 15 is 0 Å². The molecular formula is C13H10FN3O3. The molecule has 0 aromatic heterocycles. The van der Waals surface area contributed by atoms with Gasteiger partial charge in [0.05, 0.1) is 22.4 Å². The van der Waals surface area contributed by atoms with E-state index in [1.54, 1.807) is 24.3 Å². The quantitative estimate of drug-likeness (QED) is 0.511. The minimum Gasteiger partial charge on any atom is -0.397 e. The Balaban J connectivity index is 2.30. The first kappa shape index (κ1) is 13.5. The highest BCUT2D eigenvalue weighted by Gasteiger charge is 2.15. The second-order valence-corrected chi connectivity index (χ2v) is 4.00. The Morgan fingerprint density at radius 2 is 1.95 bits per heavy atom. The van der Waals surface area contributed by atoms with Gasteiger partial charge in [-0.05, 0) is 18.2 Å². The monoisotopic (exact) mass is 275 g/mol. The van der Waals surface area contributed by atoms with Crippen molar-refractivity contribution in [2.24, 2.45) is 0 Å². The van der Waals surface area contributed by atoms with Crippen LogP contribution in [0.5, 0.6) is 0 Å². The molecule has 0 aliphatic rings. The number of rotatable bonds is 3. The molecular weight excluding hydrogens is 265 g/mol. The molecule has 1 amide bonds. The molecule has 3 N–H and O–H groups in total. The number of nitro benzene ring substituents is 1. The standard InChI is InChI=1S/C13H10FN3O3/c14-9-5-8(6-10(7-9)17(19)20)13(18)16-12-4-2-1-3-11(12)15/h1-7H,15H2,(H,16,18). The van der Waals surface area contributed by atoms with Crippen molar-refractivity contribution in [2.45, 2.75) is 0 Å². The summed E-state index contributed by atoms with van der Waals surface area (Å²) in [5.41, 5.74) is 5.71. The molecule has 0 bridgehead atoms.